The van der Waals surface area contributed by atoms with E-state index in [1.165, 1.54) is 21.5 Å². The van der Waals surface area contributed by atoms with Gasteiger partial charge in [-0.05, 0) is 69.6 Å². The van der Waals surface area contributed by atoms with Crippen molar-refractivity contribution in [1.29, 1.82) is 0 Å². The molecule has 8 aromatic carbocycles. The molecule has 4 heterocycles. The predicted octanol–water partition coefficient (Wildman–Crippen LogP) is 13.6. The van der Waals surface area contributed by atoms with Crippen LogP contribution in [0.1, 0.15) is 0 Å². The van der Waals surface area contributed by atoms with E-state index < -0.39 is 0 Å². The van der Waals surface area contributed by atoms with Crippen LogP contribution in [0.25, 0.3) is 121 Å². The third-order valence-corrected chi connectivity index (χ3v) is 10.6. The lowest BCUT2D eigenvalue weighted by atomic mass is 9.93. The Morgan fingerprint density at radius 3 is 1.90 bits per heavy atom. The second-order valence-corrected chi connectivity index (χ2v) is 13.4. The van der Waals surface area contributed by atoms with Crippen LogP contribution in [0.4, 0.5) is 0 Å². The Morgan fingerprint density at radius 2 is 1.04 bits per heavy atom. The van der Waals surface area contributed by atoms with Gasteiger partial charge in [0.1, 0.15) is 33.5 Å². The van der Waals surface area contributed by atoms with Crippen LogP contribution in [-0.4, -0.2) is 4.98 Å². The van der Waals surface area contributed by atoms with Gasteiger partial charge in [0.05, 0.1) is 16.6 Å². The fourth-order valence-electron chi connectivity index (χ4n) is 8.33. The first-order valence-corrected chi connectivity index (χ1v) is 17.2. The van der Waals surface area contributed by atoms with E-state index in [1.807, 2.05) is 30.3 Å². The van der Waals surface area contributed by atoms with Crippen LogP contribution in [0.2, 0.25) is 0 Å². The van der Waals surface area contributed by atoms with Gasteiger partial charge in [0.15, 0.2) is 0 Å². The van der Waals surface area contributed by atoms with Crippen LogP contribution in [0.3, 0.4) is 0 Å². The van der Waals surface area contributed by atoms with Gasteiger partial charge >= 0.3 is 0 Å². The number of pyridine rings is 1. The fraction of sp³-hybridized carbons (Fsp3) is 0. The molecule has 0 fully saturated rings. The van der Waals surface area contributed by atoms with E-state index >= 15 is 0 Å². The van der Waals surface area contributed by atoms with Crippen molar-refractivity contribution >= 4 is 98.3 Å². The maximum Gasteiger partial charge on any atom is 0.147 e. The highest BCUT2D eigenvalue weighted by atomic mass is 16.3. The highest BCUT2D eigenvalue weighted by Gasteiger charge is 2.22. The first-order chi connectivity index (χ1) is 25.3. The number of furan rings is 3. The minimum absolute atomic E-state index is 0.807. The molecule has 0 amide bonds. The molecular formula is C47H25NO3. The Hall–Kier alpha value is -6.91. The van der Waals surface area contributed by atoms with Crippen molar-refractivity contribution in [2.24, 2.45) is 0 Å². The summed E-state index contributed by atoms with van der Waals surface area (Å²) in [5.74, 6) is 0. The molecule has 0 unspecified atom stereocenters. The van der Waals surface area contributed by atoms with E-state index in [-0.39, 0.29) is 0 Å². The van der Waals surface area contributed by atoms with Crippen molar-refractivity contribution in [3.63, 3.8) is 0 Å². The van der Waals surface area contributed by atoms with E-state index in [4.69, 9.17) is 18.2 Å². The molecule has 0 atom stereocenters. The molecule has 4 nitrogen and oxygen atoms in total. The topological polar surface area (TPSA) is 52.3 Å². The number of para-hydroxylation sites is 2. The number of rotatable bonds is 2. The first kappa shape index (κ1) is 27.0. The van der Waals surface area contributed by atoms with E-state index in [1.54, 1.807) is 0 Å². The van der Waals surface area contributed by atoms with Crippen molar-refractivity contribution in [2.75, 3.05) is 0 Å². The van der Waals surface area contributed by atoms with Gasteiger partial charge in [0, 0.05) is 43.4 Å². The molecule has 12 rings (SSSR count). The molecule has 236 valence electrons. The van der Waals surface area contributed by atoms with Crippen molar-refractivity contribution in [2.45, 2.75) is 0 Å². The van der Waals surface area contributed by atoms with Gasteiger partial charge in [-0.15, -0.1) is 0 Å². The zero-order chi connectivity index (χ0) is 33.2. The standard InChI is InChI=1S/C47H25NO3/c1-3-14-30-26(10-1)20-21-40-42(30)43-31-15-4-2-11-28(31)23-34(46(43)51-40)27-12-9-13-29(22-27)45-44-33-17-6-8-19-39(33)50-47(44)36-25-41-35(24-37(36)48-45)32-16-5-7-18-38(32)49-41/h1-25H. The lowest BCUT2D eigenvalue weighted by molar-refractivity contribution is 0.666. The Labute approximate surface area is 289 Å². The molecule has 51 heavy (non-hydrogen) atoms. The van der Waals surface area contributed by atoms with Crippen LogP contribution in [0.15, 0.2) is 165 Å². The summed E-state index contributed by atoms with van der Waals surface area (Å²) in [7, 11) is 0. The van der Waals surface area contributed by atoms with Gasteiger partial charge in [-0.3, -0.25) is 0 Å². The van der Waals surface area contributed by atoms with Crippen molar-refractivity contribution < 1.29 is 13.3 Å². The number of fused-ring (bicyclic) bond motifs is 15. The lowest BCUT2D eigenvalue weighted by Crippen LogP contribution is -1.90. The number of hydrogen-bond acceptors (Lipinski definition) is 4. The summed E-state index contributed by atoms with van der Waals surface area (Å²) in [4.78, 5) is 5.42. The van der Waals surface area contributed by atoms with E-state index in [0.717, 1.165) is 99.1 Å². The summed E-state index contributed by atoms with van der Waals surface area (Å²) < 4.78 is 19.7. The summed E-state index contributed by atoms with van der Waals surface area (Å²) >= 11 is 0. The second-order valence-electron chi connectivity index (χ2n) is 13.4. The van der Waals surface area contributed by atoms with Crippen molar-refractivity contribution in [1.82, 2.24) is 4.98 Å². The largest absolute Gasteiger partial charge is 0.456 e. The highest BCUT2D eigenvalue weighted by molar-refractivity contribution is 6.29. The monoisotopic (exact) mass is 651 g/mol. The number of aromatic nitrogens is 1. The molecule has 0 aliphatic heterocycles. The van der Waals surface area contributed by atoms with Gasteiger partial charge in [-0.1, -0.05) is 109 Å². The SMILES string of the molecule is c1cc(-c2cc3ccccc3c3c2oc2ccc4ccccc4c23)cc(-c2nc3cc4c(cc3c3oc5ccccc5c23)oc2ccccc24)c1. The minimum Gasteiger partial charge on any atom is -0.456 e. The Kier molecular flexibility index (Phi) is 5.20. The fourth-order valence-corrected chi connectivity index (χ4v) is 8.33. The smallest absolute Gasteiger partial charge is 0.147 e. The summed E-state index contributed by atoms with van der Waals surface area (Å²) in [5, 5.41) is 12.1. The Balaban J connectivity index is 1.16. The van der Waals surface area contributed by atoms with Crippen LogP contribution < -0.4 is 0 Å². The van der Waals surface area contributed by atoms with Crippen LogP contribution >= 0.6 is 0 Å². The molecule has 0 radical (unpaired) electrons. The summed E-state index contributed by atoms with van der Waals surface area (Å²) in [6.07, 6.45) is 0. The lowest BCUT2D eigenvalue weighted by Gasteiger charge is -2.11. The van der Waals surface area contributed by atoms with Gasteiger partial charge in [-0.2, -0.15) is 0 Å². The summed E-state index contributed by atoms with van der Waals surface area (Å²) in [6.45, 7) is 0. The Bertz CT molecular complexity index is 3430. The highest BCUT2D eigenvalue weighted by Crippen LogP contribution is 2.46. The second kappa shape index (κ2) is 9.84. The zero-order valence-electron chi connectivity index (χ0n) is 27.1. The molecule has 0 aliphatic rings. The van der Waals surface area contributed by atoms with E-state index in [9.17, 15) is 0 Å². The van der Waals surface area contributed by atoms with Crippen LogP contribution in [-0.2, 0) is 0 Å². The summed E-state index contributed by atoms with van der Waals surface area (Å²) in [5.41, 5.74) is 9.94. The van der Waals surface area contributed by atoms with Gasteiger partial charge in [0.25, 0.3) is 0 Å². The molecule has 0 saturated heterocycles. The van der Waals surface area contributed by atoms with Crippen LogP contribution in [0.5, 0.6) is 0 Å². The quantitative estimate of drug-likeness (QED) is 0.187. The van der Waals surface area contributed by atoms with Crippen molar-refractivity contribution in [3.8, 4) is 22.4 Å². The average Bonchev–Trinajstić information content (AvgIpc) is 3.88. The Morgan fingerprint density at radius 1 is 0.353 bits per heavy atom. The molecule has 0 aliphatic carbocycles. The molecule has 0 N–H and O–H groups in total. The molecule has 4 heteroatoms. The molecule has 12 aromatic rings. The predicted molar refractivity (Wildman–Crippen MR) is 209 cm³/mol. The van der Waals surface area contributed by atoms with Gasteiger partial charge in [-0.25, -0.2) is 4.98 Å². The maximum atomic E-state index is 6.80. The molecule has 0 saturated carbocycles. The third-order valence-electron chi connectivity index (χ3n) is 10.6. The number of hydrogen-bond donors (Lipinski definition) is 0. The van der Waals surface area contributed by atoms with E-state index in [2.05, 4.69) is 121 Å². The van der Waals surface area contributed by atoms with Gasteiger partial charge < -0.3 is 13.3 Å². The van der Waals surface area contributed by atoms with Crippen molar-refractivity contribution in [3.05, 3.63) is 152 Å². The zero-order valence-corrected chi connectivity index (χ0v) is 27.1. The molecule has 0 bridgehead atoms. The maximum absolute atomic E-state index is 6.80. The molecule has 0 spiro atoms. The number of benzene rings is 8. The molecule has 4 aromatic heterocycles. The average molecular weight is 652 g/mol. The summed E-state index contributed by atoms with van der Waals surface area (Å²) in [6, 6.07) is 53.0. The first-order valence-electron chi connectivity index (χ1n) is 17.2. The third kappa shape index (κ3) is 3.71. The normalized spacial score (nSPS) is 12.3. The molecular weight excluding hydrogens is 627 g/mol. The van der Waals surface area contributed by atoms with Gasteiger partial charge in [0.2, 0.25) is 0 Å². The van der Waals surface area contributed by atoms with Crippen LogP contribution in [0, 0.1) is 0 Å². The van der Waals surface area contributed by atoms with E-state index in [0.29, 0.717) is 0 Å². The number of nitrogens with zero attached hydrogens (tertiary/aromatic N) is 1. The minimum atomic E-state index is 0.807.